The molecule has 0 radical (unpaired) electrons. The van der Waals surface area contributed by atoms with E-state index in [9.17, 15) is 26.4 Å². The van der Waals surface area contributed by atoms with Gasteiger partial charge < -0.3 is 10.2 Å². The monoisotopic (exact) mass is 433 g/mol. The molecule has 1 N–H and O–H groups in total. The van der Waals surface area contributed by atoms with E-state index < -0.39 is 21.8 Å². The molecule has 1 aromatic carbocycles. The van der Waals surface area contributed by atoms with Crippen LogP contribution in [0.5, 0.6) is 0 Å². The quantitative estimate of drug-likeness (QED) is 0.791. The van der Waals surface area contributed by atoms with E-state index in [0.717, 1.165) is 38.1 Å². The molecule has 2 fully saturated rings. The second-order valence-electron chi connectivity index (χ2n) is 7.79. The molecule has 3 rings (SSSR count). The highest BCUT2D eigenvalue weighted by Gasteiger charge is 2.35. The Hall–Kier alpha value is -1.65. The summed E-state index contributed by atoms with van der Waals surface area (Å²) in [6, 6.07) is 3.92. The number of alkyl halides is 3. The van der Waals surface area contributed by atoms with Crippen molar-refractivity contribution in [3.63, 3.8) is 0 Å². The van der Waals surface area contributed by atoms with Crippen molar-refractivity contribution in [2.75, 3.05) is 33.2 Å². The zero-order valence-corrected chi connectivity index (χ0v) is 17.1. The number of nitrogens with one attached hydrogen (secondary N) is 1. The lowest BCUT2D eigenvalue weighted by molar-refractivity contribution is -0.137. The number of piperidine rings is 2. The van der Waals surface area contributed by atoms with E-state index in [-0.39, 0.29) is 35.9 Å². The summed E-state index contributed by atoms with van der Waals surface area (Å²) in [4.78, 5) is 14.3. The highest BCUT2D eigenvalue weighted by atomic mass is 32.2. The Balaban J connectivity index is 1.59. The van der Waals surface area contributed by atoms with E-state index in [1.807, 2.05) is 7.05 Å². The summed E-state index contributed by atoms with van der Waals surface area (Å²) >= 11 is 0. The minimum atomic E-state index is -4.61. The molecule has 2 aliphatic heterocycles. The Morgan fingerprint density at radius 1 is 1.07 bits per heavy atom. The third kappa shape index (κ3) is 5.29. The smallest absolute Gasteiger partial charge is 0.353 e. The average molecular weight is 433 g/mol. The maximum atomic E-state index is 12.9. The number of hydrogen-bond acceptors (Lipinski definition) is 4. The largest absolute Gasteiger partial charge is 0.416 e. The van der Waals surface area contributed by atoms with Crippen LogP contribution in [0.4, 0.5) is 13.2 Å². The summed E-state index contributed by atoms with van der Waals surface area (Å²) in [5, 5.41) is 3.06. The van der Waals surface area contributed by atoms with Gasteiger partial charge in [0, 0.05) is 25.0 Å². The van der Waals surface area contributed by atoms with Crippen molar-refractivity contribution in [3.8, 4) is 0 Å². The summed E-state index contributed by atoms with van der Waals surface area (Å²) in [5.41, 5.74) is -0.994. The number of carbonyl (C=O) groups is 1. The van der Waals surface area contributed by atoms with E-state index >= 15 is 0 Å². The number of hydrogen-bond donors (Lipinski definition) is 1. The first-order valence-corrected chi connectivity index (χ1v) is 11.2. The van der Waals surface area contributed by atoms with Gasteiger partial charge in [0.05, 0.1) is 10.5 Å². The first kappa shape index (κ1) is 22.0. The van der Waals surface area contributed by atoms with Gasteiger partial charge in [-0.2, -0.15) is 17.5 Å². The zero-order valence-electron chi connectivity index (χ0n) is 16.3. The summed E-state index contributed by atoms with van der Waals surface area (Å²) in [5.74, 6) is -0.335. The lowest BCUT2D eigenvalue weighted by atomic mass is 9.96. The fourth-order valence-electron chi connectivity index (χ4n) is 3.81. The van der Waals surface area contributed by atoms with Crippen molar-refractivity contribution in [2.24, 2.45) is 5.92 Å². The van der Waals surface area contributed by atoms with Crippen molar-refractivity contribution in [1.82, 2.24) is 14.5 Å². The van der Waals surface area contributed by atoms with E-state index in [4.69, 9.17) is 0 Å². The third-order valence-electron chi connectivity index (χ3n) is 5.69. The Kier molecular flexibility index (Phi) is 6.54. The topological polar surface area (TPSA) is 69.7 Å². The molecule has 0 bridgehead atoms. The number of amides is 1. The molecule has 162 valence electrons. The standard InChI is InChI=1S/C19H26F3N3O3S/c1-24-9-7-16(8-10-24)23-18(26)14-5-11-25(12-6-14)29(27,28)17-4-2-3-15(13-17)19(20,21)22/h2-4,13-14,16H,5-12H2,1H3,(H,23,26). The highest BCUT2D eigenvalue weighted by molar-refractivity contribution is 7.89. The van der Waals surface area contributed by atoms with Gasteiger partial charge in [0.15, 0.2) is 0 Å². The van der Waals surface area contributed by atoms with E-state index in [1.165, 1.54) is 10.4 Å². The molecule has 2 aliphatic rings. The van der Waals surface area contributed by atoms with Gasteiger partial charge in [-0.15, -0.1) is 0 Å². The first-order valence-electron chi connectivity index (χ1n) is 9.73. The van der Waals surface area contributed by atoms with Crippen LogP contribution in [0.1, 0.15) is 31.2 Å². The van der Waals surface area contributed by atoms with E-state index in [0.29, 0.717) is 18.9 Å². The van der Waals surface area contributed by atoms with Gasteiger partial charge in [-0.25, -0.2) is 8.42 Å². The van der Waals surface area contributed by atoms with Gasteiger partial charge in [0.1, 0.15) is 0 Å². The molecule has 0 unspecified atom stereocenters. The molecule has 2 heterocycles. The predicted molar refractivity (Wildman–Crippen MR) is 102 cm³/mol. The molecule has 2 saturated heterocycles. The van der Waals surface area contributed by atoms with E-state index in [1.54, 1.807) is 0 Å². The maximum absolute atomic E-state index is 12.9. The number of halogens is 3. The number of rotatable bonds is 4. The third-order valence-corrected chi connectivity index (χ3v) is 7.58. The molecule has 29 heavy (non-hydrogen) atoms. The van der Waals surface area contributed by atoms with Crippen LogP contribution in [0.2, 0.25) is 0 Å². The van der Waals surface area contributed by atoms with Gasteiger partial charge in [0.25, 0.3) is 0 Å². The number of benzene rings is 1. The van der Waals surface area contributed by atoms with Gasteiger partial charge in [-0.3, -0.25) is 4.79 Å². The van der Waals surface area contributed by atoms with Crippen LogP contribution in [-0.4, -0.2) is 62.8 Å². The van der Waals surface area contributed by atoms with Crippen LogP contribution < -0.4 is 5.32 Å². The van der Waals surface area contributed by atoms with Gasteiger partial charge >= 0.3 is 6.18 Å². The molecule has 10 heteroatoms. The predicted octanol–water partition coefficient (Wildman–Crippen LogP) is 2.32. The summed E-state index contributed by atoms with van der Waals surface area (Å²) in [6.07, 6.45) is -2.10. The minimum Gasteiger partial charge on any atom is -0.353 e. The van der Waals surface area contributed by atoms with Crippen molar-refractivity contribution in [1.29, 1.82) is 0 Å². The number of carbonyl (C=O) groups excluding carboxylic acids is 1. The minimum absolute atomic E-state index is 0.0596. The van der Waals surface area contributed by atoms with Crippen LogP contribution in [0, 0.1) is 5.92 Å². The van der Waals surface area contributed by atoms with Gasteiger partial charge in [0.2, 0.25) is 15.9 Å². The van der Waals surface area contributed by atoms with Crippen LogP contribution >= 0.6 is 0 Å². The van der Waals surface area contributed by atoms with Crippen LogP contribution in [0.15, 0.2) is 29.2 Å². The summed E-state index contributed by atoms with van der Waals surface area (Å²) in [7, 11) is -1.99. The zero-order chi connectivity index (χ0) is 21.2. The van der Waals surface area contributed by atoms with Crippen molar-refractivity contribution in [3.05, 3.63) is 29.8 Å². The molecule has 1 amide bonds. The van der Waals surface area contributed by atoms with Gasteiger partial charge in [-0.05, 0) is 64.0 Å². The maximum Gasteiger partial charge on any atom is 0.416 e. The average Bonchev–Trinajstić information content (AvgIpc) is 2.69. The Morgan fingerprint density at radius 2 is 1.69 bits per heavy atom. The van der Waals surface area contributed by atoms with Gasteiger partial charge in [-0.1, -0.05) is 6.07 Å². The fraction of sp³-hybridized carbons (Fsp3) is 0.632. The second-order valence-corrected chi connectivity index (χ2v) is 9.73. The Bertz CT molecular complexity index is 829. The summed E-state index contributed by atoms with van der Waals surface area (Å²) < 4.78 is 65.3. The fourth-order valence-corrected chi connectivity index (χ4v) is 5.33. The highest BCUT2D eigenvalue weighted by Crippen LogP contribution is 2.32. The molecular formula is C19H26F3N3O3S. The first-order chi connectivity index (χ1) is 13.6. The lowest BCUT2D eigenvalue weighted by Crippen LogP contribution is -2.48. The molecule has 0 saturated carbocycles. The van der Waals surface area contributed by atoms with Crippen LogP contribution in [0.25, 0.3) is 0 Å². The Morgan fingerprint density at radius 3 is 2.28 bits per heavy atom. The number of likely N-dealkylation sites (tertiary alicyclic amines) is 1. The molecule has 6 nitrogen and oxygen atoms in total. The molecule has 0 aliphatic carbocycles. The molecule has 0 atom stereocenters. The lowest BCUT2D eigenvalue weighted by Gasteiger charge is -2.33. The SMILES string of the molecule is CN1CCC(NC(=O)C2CCN(S(=O)(=O)c3cccc(C(F)(F)F)c3)CC2)CC1. The second kappa shape index (κ2) is 8.61. The molecule has 1 aromatic rings. The number of nitrogens with zero attached hydrogens (tertiary/aromatic N) is 2. The van der Waals surface area contributed by atoms with Crippen LogP contribution in [0.3, 0.4) is 0 Å². The van der Waals surface area contributed by atoms with Crippen molar-refractivity contribution >= 4 is 15.9 Å². The normalized spacial score (nSPS) is 21.2. The van der Waals surface area contributed by atoms with Crippen LogP contribution in [-0.2, 0) is 21.0 Å². The molecular weight excluding hydrogens is 407 g/mol. The Labute approximate surface area is 169 Å². The van der Waals surface area contributed by atoms with Crippen molar-refractivity contribution in [2.45, 2.75) is 42.8 Å². The summed E-state index contributed by atoms with van der Waals surface area (Å²) in [6.45, 7) is 2.09. The van der Waals surface area contributed by atoms with Crippen molar-refractivity contribution < 1.29 is 26.4 Å². The number of sulfonamides is 1. The molecule has 0 spiro atoms. The van der Waals surface area contributed by atoms with E-state index in [2.05, 4.69) is 10.2 Å². The molecule has 0 aromatic heterocycles.